The fraction of sp³-hybridized carbons (Fsp3) is 0.222. The van der Waals surface area contributed by atoms with Crippen LogP contribution < -0.4 is 10.9 Å². The predicted molar refractivity (Wildman–Crippen MR) is 130 cm³/mol. The number of carboxylic acid groups (broad SMARTS) is 1. The van der Waals surface area contributed by atoms with E-state index in [1.807, 2.05) is 12.1 Å². The molecule has 0 saturated carbocycles. The first-order valence-electron chi connectivity index (χ1n) is 11.3. The van der Waals surface area contributed by atoms with Gasteiger partial charge >= 0.3 is 6.09 Å². The molecule has 0 fully saturated rings. The largest absolute Gasteiger partial charge is 0.465 e. The molecule has 1 aliphatic rings. The highest BCUT2D eigenvalue weighted by Gasteiger charge is 2.27. The monoisotopic (exact) mass is 470 g/mol. The van der Waals surface area contributed by atoms with Gasteiger partial charge in [-0.1, -0.05) is 24.0 Å². The van der Waals surface area contributed by atoms with E-state index >= 15 is 0 Å². The maximum Gasteiger partial charge on any atom is 0.405 e. The SMILES string of the molecule is CC(NC(=O)O)c1c2c3c(ccc(C#Cc4cnn(C)c4)c3c(=O)n1-c1cccc(F)c1)CCC2. The van der Waals surface area contributed by atoms with E-state index in [9.17, 15) is 19.1 Å². The smallest absolute Gasteiger partial charge is 0.405 e. The lowest BCUT2D eigenvalue weighted by atomic mass is 9.85. The van der Waals surface area contributed by atoms with Gasteiger partial charge in [-0.3, -0.25) is 14.0 Å². The van der Waals surface area contributed by atoms with Crippen LogP contribution in [0.25, 0.3) is 16.5 Å². The third-order valence-electron chi connectivity index (χ3n) is 6.30. The van der Waals surface area contributed by atoms with E-state index < -0.39 is 18.0 Å². The maximum atomic E-state index is 14.2. The zero-order valence-electron chi connectivity index (χ0n) is 19.3. The van der Waals surface area contributed by atoms with E-state index in [0.717, 1.165) is 34.9 Å². The Morgan fingerprint density at radius 3 is 2.74 bits per heavy atom. The predicted octanol–water partition coefficient (Wildman–Crippen LogP) is 4.08. The van der Waals surface area contributed by atoms with E-state index in [4.69, 9.17) is 0 Å². The third-order valence-corrected chi connectivity index (χ3v) is 6.30. The molecule has 8 heteroatoms. The number of aromatic nitrogens is 3. The normalized spacial score (nSPS) is 13.2. The zero-order chi connectivity index (χ0) is 24.7. The Hall–Kier alpha value is -4.38. The Bertz CT molecular complexity index is 1610. The fourth-order valence-electron chi connectivity index (χ4n) is 4.92. The Morgan fingerprint density at radius 2 is 2.03 bits per heavy atom. The number of amides is 1. The summed E-state index contributed by atoms with van der Waals surface area (Å²) in [5, 5.41) is 17.3. The summed E-state index contributed by atoms with van der Waals surface area (Å²) in [6, 6.07) is 8.92. The van der Waals surface area contributed by atoms with Crippen LogP contribution in [0, 0.1) is 17.7 Å². The van der Waals surface area contributed by atoms with Crippen LogP contribution in [-0.2, 0) is 19.9 Å². The number of nitrogens with one attached hydrogen (secondary N) is 1. The summed E-state index contributed by atoms with van der Waals surface area (Å²) in [7, 11) is 1.80. The second kappa shape index (κ2) is 8.76. The summed E-state index contributed by atoms with van der Waals surface area (Å²) in [6.45, 7) is 1.70. The minimum atomic E-state index is -1.20. The van der Waals surface area contributed by atoms with Crippen molar-refractivity contribution in [3.63, 3.8) is 0 Å². The van der Waals surface area contributed by atoms with Crippen molar-refractivity contribution in [2.45, 2.75) is 32.2 Å². The quantitative estimate of drug-likeness (QED) is 0.442. The van der Waals surface area contributed by atoms with Crippen molar-refractivity contribution < 1.29 is 14.3 Å². The average Bonchev–Trinajstić information content (AvgIpc) is 3.24. The second-order valence-electron chi connectivity index (χ2n) is 8.68. The van der Waals surface area contributed by atoms with Crippen LogP contribution in [0.1, 0.15) is 47.3 Å². The maximum absolute atomic E-state index is 14.2. The lowest BCUT2D eigenvalue weighted by molar-refractivity contribution is 0.190. The molecule has 0 radical (unpaired) electrons. The number of aryl methyl sites for hydroxylation is 3. The van der Waals surface area contributed by atoms with Crippen LogP contribution in [0.3, 0.4) is 0 Å². The number of benzene rings is 2. The molecule has 2 aromatic heterocycles. The van der Waals surface area contributed by atoms with Crippen molar-refractivity contribution in [2.75, 3.05) is 0 Å². The van der Waals surface area contributed by atoms with E-state index in [2.05, 4.69) is 22.3 Å². The van der Waals surface area contributed by atoms with Gasteiger partial charge in [0, 0.05) is 18.8 Å². The molecule has 1 atom stereocenters. The van der Waals surface area contributed by atoms with Gasteiger partial charge in [0.25, 0.3) is 5.56 Å². The number of hydrogen-bond acceptors (Lipinski definition) is 3. The second-order valence-corrected chi connectivity index (χ2v) is 8.68. The molecule has 0 spiro atoms. The molecule has 2 N–H and O–H groups in total. The summed E-state index contributed by atoms with van der Waals surface area (Å²) in [5.74, 6) is 5.72. The highest BCUT2D eigenvalue weighted by molar-refractivity contribution is 5.94. The number of halogens is 1. The van der Waals surface area contributed by atoms with Crippen molar-refractivity contribution in [3.05, 3.63) is 92.9 Å². The molecule has 35 heavy (non-hydrogen) atoms. The standard InChI is InChI=1S/C27H23FN4O3/c1-16(30-27(34)35)25-22-8-3-5-18-11-12-19(10-9-17-14-29-31(2)15-17)24(23(18)22)26(33)32(25)21-7-4-6-20(28)13-21/h4,6-7,11-16,30H,3,5,8H2,1-2H3,(H,34,35). The Kier molecular flexibility index (Phi) is 5.61. The van der Waals surface area contributed by atoms with Crippen molar-refractivity contribution in [2.24, 2.45) is 7.05 Å². The van der Waals surface area contributed by atoms with Gasteiger partial charge in [0.15, 0.2) is 0 Å². The summed E-state index contributed by atoms with van der Waals surface area (Å²) < 4.78 is 17.3. The molecule has 2 aromatic carbocycles. The van der Waals surface area contributed by atoms with E-state index in [1.54, 1.807) is 37.1 Å². The Balaban J connectivity index is 1.88. The highest BCUT2D eigenvalue weighted by Crippen LogP contribution is 2.35. The van der Waals surface area contributed by atoms with Gasteiger partial charge < -0.3 is 10.4 Å². The molecule has 1 unspecified atom stereocenters. The van der Waals surface area contributed by atoms with E-state index in [0.29, 0.717) is 28.8 Å². The number of pyridine rings is 1. The average molecular weight is 471 g/mol. The van der Waals surface area contributed by atoms with Gasteiger partial charge in [0.1, 0.15) is 5.82 Å². The first-order chi connectivity index (χ1) is 16.8. The minimum absolute atomic E-state index is 0.337. The lowest BCUT2D eigenvalue weighted by Crippen LogP contribution is -2.33. The zero-order valence-corrected chi connectivity index (χ0v) is 19.3. The van der Waals surface area contributed by atoms with Crippen molar-refractivity contribution >= 4 is 16.9 Å². The van der Waals surface area contributed by atoms with Crippen LogP contribution in [0.4, 0.5) is 9.18 Å². The van der Waals surface area contributed by atoms with Gasteiger partial charge in [0.2, 0.25) is 0 Å². The minimum Gasteiger partial charge on any atom is -0.465 e. The molecule has 176 valence electrons. The summed E-state index contributed by atoms with van der Waals surface area (Å²) in [6.07, 6.45) is 4.58. The summed E-state index contributed by atoms with van der Waals surface area (Å²) in [4.78, 5) is 25.6. The first-order valence-corrected chi connectivity index (χ1v) is 11.3. The van der Waals surface area contributed by atoms with Gasteiger partial charge in [-0.2, -0.15) is 5.10 Å². The summed E-state index contributed by atoms with van der Waals surface area (Å²) >= 11 is 0. The topological polar surface area (TPSA) is 89.2 Å². The van der Waals surface area contributed by atoms with Crippen LogP contribution >= 0.6 is 0 Å². The lowest BCUT2D eigenvalue weighted by Gasteiger charge is -2.27. The van der Waals surface area contributed by atoms with E-state index in [-0.39, 0.29) is 5.56 Å². The molecule has 1 aliphatic carbocycles. The molecule has 4 aromatic rings. The Labute approximate surface area is 200 Å². The van der Waals surface area contributed by atoms with Crippen LogP contribution in [-0.4, -0.2) is 25.5 Å². The fourth-order valence-corrected chi connectivity index (χ4v) is 4.92. The molecule has 0 bridgehead atoms. The molecule has 7 nitrogen and oxygen atoms in total. The van der Waals surface area contributed by atoms with Gasteiger partial charge in [0.05, 0.1) is 34.6 Å². The molecule has 0 aliphatic heterocycles. The Morgan fingerprint density at radius 1 is 1.20 bits per heavy atom. The number of nitrogens with zero attached hydrogens (tertiary/aromatic N) is 3. The number of hydrogen-bond donors (Lipinski definition) is 2. The van der Waals surface area contributed by atoms with E-state index in [1.165, 1.54) is 22.8 Å². The van der Waals surface area contributed by atoms with Gasteiger partial charge in [-0.25, -0.2) is 9.18 Å². The number of rotatable bonds is 3. The third kappa shape index (κ3) is 4.06. The molecule has 1 amide bonds. The van der Waals surface area contributed by atoms with Crippen LogP contribution in [0.15, 0.2) is 53.6 Å². The van der Waals surface area contributed by atoms with Crippen molar-refractivity contribution in [1.82, 2.24) is 19.7 Å². The highest BCUT2D eigenvalue weighted by atomic mass is 19.1. The van der Waals surface area contributed by atoms with Gasteiger partial charge in [-0.15, -0.1) is 0 Å². The molecular formula is C27H23FN4O3. The van der Waals surface area contributed by atoms with Crippen molar-refractivity contribution in [1.29, 1.82) is 0 Å². The van der Waals surface area contributed by atoms with Gasteiger partial charge in [-0.05, 0) is 67.0 Å². The van der Waals surface area contributed by atoms with Crippen LogP contribution in [0.5, 0.6) is 0 Å². The molecule has 2 heterocycles. The first kappa shape index (κ1) is 22.4. The van der Waals surface area contributed by atoms with Crippen molar-refractivity contribution in [3.8, 4) is 17.5 Å². The number of carbonyl (C=O) groups is 1. The molecular weight excluding hydrogens is 447 g/mol. The summed E-state index contributed by atoms with van der Waals surface area (Å²) in [5.41, 5.74) is 3.70. The van der Waals surface area contributed by atoms with Crippen LogP contribution in [0.2, 0.25) is 0 Å². The molecule has 5 rings (SSSR count). The molecule has 0 saturated heterocycles.